The van der Waals surface area contributed by atoms with E-state index in [0.717, 1.165) is 18.4 Å². The maximum atomic E-state index is 12.0. The van der Waals surface area contributed by atoms with Crippen molar-refractivity contribution in [3.8, 4) is 0 Å². The van der Waals surface area contributed by atoms with Gasteiger partial charge in [0, 0.05) is 10.5 Å². The van der Waals surface area contributed by atoms with Crippen LogP contribution in [0.3, 0.4) is 0 Å². The van der Waals surface area contributed by atoms with E-state index in [1.165, 1.54) is 0 Å². The van der Waals surface area contributed by atoms with Crippen molar-refractivity contribution in [3.05, 3.63) is 28.2 Å². The molecule has 1 aliphatic carbocycles. The van der Waals surface area contributed by atoms with Gasteiger partial charge in [-0.15, -0.1) is 0 Å². The summed E-state index contributed by atoms with van der Waals surface area (Å²) in [7, 11) is -3.13. The number of hydrogen-bond acceptors (Lipinski definition) is 3. The SMILES string of the molecule is CC(N)c1ccc(S(=O)(=O)C2CC2)c(Br)c1. The third-order valence-electron chi connectivity index (χ3n) is 2.75. The standard InChI is InChI=1S/C11H14BrNO2S/c1-7(13)8-2-5-11(10(12)6-8)16(14,15)9-3-4-9/h2,5-7,9H,3-4,13H2,1H3. The molecule has 1 atom stereocenters. The van der Waals surface area contributed by atoms with E-state index in [9.17, 15) is 8.42 Å². The maximum Gasteiger partial charge on any atom is 0.182 e. The molecular weight excluding hydrogens is 290 g/mol. The third-order valence-corrected chi connectivity index (χ3v) is 5.99. The summed E-state index contributed by atoms with van der Waals surface area (Å²) < 4.78 is 24.7. The molecule has 5 heteroatoms. The van der Waals surface area contributed by atoms with E-state index in [2.05, 4.69) is 15.9 Å². The Morgan fingerprint density at radius 3 is 2.50 bits per heavy atom. The molecular formula is C11H14BrNO2S. The molecule has 0 radical (unpaired) electrons. The van der Waals surface area contributed by atoms with Crippen LogP contribution in [0.5, 0.6) is 0 Å². The lowest BCUT2D eigenvalue weighted by atomic mass is 10.1. The van der Waals surface area contributed by atoms with Gasteiger partial charge in [-0.1, -0.05) is 6.07 Å². The first kappa shape index (κ1) is 12.1. The largest absolute Gasteiger partial charge is 0.324 e. The van der Waals surface area contributed by atoms with Crippen molar-refractivity contribution >= 4 is 25.8 Å². The monoisotopic (exact) mass is 303 g/mol. The second kappa shape index (κ2) is 4.13. The Hall–Kier alpha value is -0.390. The molecule has 0 amide bonds. The lowest BCUT2D eigenvalue weighted by Crippen LogP contribution is -2.10. The Balaban J connectivity index is 2.43. The van der Waals surface area contributed by atoms with E-state index in [0.29, 0.717) is 9.37 Å². The summed E-state index contributed by atoms with van der Waals surface area (Å²) in [5.41, 5.74) is 6.68. The molecule has 1 aromatic carbocycles. The summed E-state index contributed by atoms with van der Waals surface area (Å²) in [6.07, 6.45) is 1.56. The van der Waals surface area contributed by atoms with Gasteiger partial charge in [0.15, 0.2) is 9.84 Å². The summed E-state index contributed by atoms with van der Waals surface area (Å²) in [5, 5.41) is -0.176. The van der Waals surface area contributed by atoms with Gasteiger partial charge in [-0.05, 0) is 53.4 Å². The first-order valence-corrected chi connectivity index (χ1v) is 7.56. The van der Waals surface area contributed by atoms with Crippen LogP contribution in [0.2, 0.25) is 0 Å². The molecule has 1 saturated carbocycles. The van der Waals surface area contributed by atoms with Crippen LogP contribution in [0.25, 0.3) is 0 Å². The number of rotatable bonds is 3. The van der Waals surface area contributed by atoms with Gasteiger partial charge >= 0.3 is 0 Å². The molecule has 1 aromatic rings. The summed E-state index contributed by atoms with van der Waals surface area (Å²) in [4.78, 5) is 0.388. The van der Waals surface area contributed by atoms with E-state index < -0.39 is 9.84 Å². The lowest BCUT2D eigenvalue weighted by molar-refractivity contribution is 0.594. The van der Waals surface area contributed by atoms with Gasteiger partial charge in [-0.2, -0.15) is 0 Å². The second-order valence-electron chi connectivity index (χ2n) is 4.22. The highest BCUT2D eigenvalue weighted by atomic mass is 79.9. The smallest absolute Gasteiger partial charge is 0.182 e. The maximum absolute atomic E-state index is 12.0. The predicted octanol–water partition coefficient (Wildman–Crippen LogP) is 2.40. The third kappa shape index (κ3) is 2.17. The van der Waals surface area contributed by atoms with Crippen LogP contribution >= 0.6 is 15.9 Å². The minimum absolute atomic E-state index is 0.0889. The number of nitrogens with two attached hydrogens (primary N) is 1. The van der Waals surface area contributed by atoms with Crippen molar-refractivity contribution in [2.75, 3.05) is 0 Å². The van der Waals surface area contributed by atoms with Crippen LogP contribution in [-0.2, 0) is 9.84 Å². The van der Waals surface area contributed by atoms with Crippen molar-refractivity contribution in [1.82, 2.24) is 0 Å². The highest BCUT2D eigenvalue weighted by Gasteiger charge is 2.37. The Kier molecular flexibility index (Phi) is 3.11. The summed E-state index contributed by atoms with van der Waals surface area (Å²) in [5.74, 6) is 0. The van der Waals surface area contributed by atoms with Crippen LogP contribution in [0.1, 0.15) is 31.4 Å². The van der Waals surface area contributed by atoms with Crippen molar-refractivity contribution < 1.29 is 8.42 Å². The van der Waals surface area contributed by atoms with Gasteiger partial charge in [-0.3, -0.25) is 0 Å². The fourth-order valence-corrected chi connectivity index (χ4v) is 4.37. The molecule has 0 saturated heterocycles. The zero-order chi connectivity index (χ0) is 11.9. The molecule has 0 bridgehead atoms. The quantitative estimate of drug-likeness (QED) is 0.933. The zero-order valence-corrected chi connectivity index (χ0v) is 11.4. The van der Waals surface area contributed by atoms with E-state index in [1.807, 2.05) is 6.92 Å². The molecule has 0 aliphatic heterocycles. The van der Waals surface area contributed by atoms with E-state index >= 15 is 0 Å². The highest BCUT2D eigenvalue weighted by Crippen LogP contribution is 2.37. The normalized spacial score (nSPS) is 18.4. The van der Waals surface area contributed by atoms with Crippen LogP contribution in [-0.4, -0.2) is 13.7 Å². The number of sulfone groups is 1. The van der Waals surface area contributed by atoms with Crippen molar-refractivity contribution in [3.63, 3.8) is 0 Å². The first-order valence-electron chi connectivity index (χ1n) is 5.22. The van der Waals surface area contributed by atoms with E-state index in [1.54, 1.807) is 18.2 Å². The molecule has 0 spiro atoms. The summed E-state index contributed by atoms with van der Waals surface area (Å²) in [6, 6.07) is 5.13. The Morgan fingerprint density at radius 2 is 2.06 bits per heavy atom. The topological polar surface area (TPSA) is 60.2 Å². The van der Waals surface area contributed by atoms with E-state index in [-0.39, 0.29) is 11.3 Å². The Morgan fingerprint density at radius 1 is 1.44 bits per heavy atom. The minimum Gasteiger partial charge on any atom is -0.324 e. The molecule has 1 aliphatic rings. The Bertz CT molecular complexity index is 507. The molecule has 0 aromatic heterocycles. The number of hydrogen-bond donors (Lipinski definition) is 1. The van der Waals surface area contributed by atoms with Crippen LogP contribution in [0.4, 0.5) is 0 Å². The fraction of sp³-hybridized carbons (Fsp3) is 0.455. The van der Waals surface area contributed by atoms with Crippen molar-refractivity contribution in [2.24, 2.45) is 5.73 Å². The van der Waals surface area contributed by atoms with Crippen molar-refractivity contribution in [2.45, 2.75) is 36.0 Å². The molecule has 16 heavy (non-hydrogen) atoms. The summed E-state index contributed by atoms with van der Waals surface area (Å²) in [6.45, 7) is 1.87. The van der Waals surface area contributed by atoms with Crippen molar-refractivity contribution in [1.29, 1.82) is 0 Å². The molecule has 88 valence electrons. The first-order chi connectivity index (χ1) is 7.43. The number of benzene rings is 1. The number of halogens is 1. The molecule has 1 fully saturated rings. The highest BCUT2D eigenvalue weighted by molar-refractivity contribution is 9.10. The zero-order valence-electron chi connectivity index (χ0n) is 8.98. The van der Waals surface area contributed by atoms with Gasteiger partial charge in [0.2, 0.25) is 0 Å². The predicted molar refractivity (Wildman–Crippen MR) is 67.0 cm³/mol. The average Bonchev–Trinajstić information content (AvgIpc) is 2.99. The molecule has 2 rings (SSSR count). The Labute approximate surface area is 104 Å². The molecule has 0 heterocycles. The second-order valence-corrected chi connectivity index (χ2v) is 7.27. The van der Waals surface area contributed by atoms with Gasteiger partial charge in [-0.25, -0.2) is 8.42 Å². The van der Waals surface area contributed by atoms with Crippen LogP contribution in [0, 0.1) is 0 Å². The fourth-order valence-electron chi connectivity index (χ4n) is 1.59. The minimum atomic E-state index is -3.13. The van der Waals surface area contributed by atoms with Crippen LogP contribution < -0.4 is 5.73 Å². The van der Waals surface area contributed by atoms with Gasteiger partial charge < -0.3 is 5.73 Å². The lowest BCUT2D eigenvalue weighted by Gasteiger charge is -2.10. The molecule has 2 N–H and O–H groups in total. The summed E-state index contributed by atoms with van der Waals surface area (Å²) >= 11 is 3.31. The van der Waals surface area contributed by atoms with Gasteiger partial charge in [0.1, 0.15) is 0 Å². The van der Waals surface area contributed by atoms with Crippen LogP contribution in [0.15, 0.2) is 27.6 Å². The van der Waals surface area contributed by atoms with Gasteiger partial charge in [0.25, 0.3) is 0 Å². The average molecular weight is 304 g/mol. The molecule has 1 unspecified atom stereocenters. The van der Waals surface area contributed by atoms with E-state index in [4.69, 9.17) is 5.73 Å². The molecule has 3 nitrogen and oxygen atoms in total. The van der Waals surface area contributed by atoms with Gasteiger partial charge in [0.05, 0.1) is 10.1 Å².